The van der Waals surface area contributed by atoms with Gasteiger partial charge in [0, 0.05) is 6.42 Å². The second-order valence-electron chi connectivity index (χ2n) is 8.51. The molecule has 1 aliphatic rings. The van der Waals surface area contributed by atoms with Crippen LogP contribution < -0.4 is 5.73 Å². The molecule has 4 atom stereocenters. The number of hydrogen-bond acceptors (Lipinski definition) is 10. The van der Waals surface area contributed by atoms with Crippen LogP contribution in [0, 0.1) is 0 Å². The van der Waals surface area contributed by atoms with E-state index in [1.165, 1.54) is 24.3 Å². The van der Waals surface area contributed by atoms with Crippen molar-refractivity contribution in [2.24, 2.45) is 0 Å². The van der Waals surface area contributed by atoms with Crippen molar-refractivity contribution < 1.29 is 48.7 Å². The number of anilines is 1. The first-order chi connectivity index (χ1) is 17.9. The summed E-state index contributed by atoms with van der Waals surface area (Å²) in [5, 5.41) is 38.6. The predicted molar refractivity (Wildman–Crippen MR) is 125 cm³/mol. The first-order valence-electron chi connectivity index (χ1n) is 11.0. The third kappa shape index (κ3) is 5.08. The highest BCUT2D eigenvalue weighted by Crippen LogP contribution is 2.35. The highest BCUT2D eigenvalue weighted by molar-refractivity contribution is 6.28. The Kier molecular flexibility index (Phi) is 7.46. The number of carboxylic acids is 3. The van der Waals surface area contributed by atoms with E-state index < -0.39 is 61.1 Å². The first-order valence-corrected chi connectivity index (χ1v) is 11.3. The van der Waals surface area contributed by atoms with Crippen molar-refractivity contribution in [3.05, 3.63) is 47.0 Å². The number of carboxylic acid groups (broad SMARTS) is 3. The number of fused-ring (bicyclic) bond motifs is 1. The van der Waals surface area contributed by atoms with Crippen molar-refractivity contribution in [3.8, 4) is 0 Å². The van der Waals surface area contributed by atoms with Crippen LogP contribution in [0.5, 0.6) is 0 Å². The zero-order valence-electron chi connectivity index (χ0n) is 19.3. The van der Waals surface area contributed by atoms with Gasteiger partial charge in [-0.25, -0.2) is 19.0 Å². The summed E-state index contributed by atoms with van der Waals surface area (Å²) in [5.41, 5.74) is 3.68. The molecule has 0 amide bonds. The maximum absolute atomic E-state index is 15.1. The highest BCUT2D eigenvalue weighted by Gasteiger charge is 2.52. The fourth-order valence-corrected chi connectivity index (χ4v) is 4.21. The van der Waals surface area contributed by atoms with Crippen molar-refractivity contribution in [1.82, 2.24) is 19.5 Å². The van der Waals surface area contributed by atoms with E-state index in [-0.39, 0.29) is 34.2 Å². The summed E-state index contributed by atoms with van der Waals surface area (Å²) >= 11 is 5.83. The standard InChI is InChI=1S/C22H21ClFN5O9/c23-21-27-16(25)14-17(28-21)29(8-26-14)18-13(24)15(32)11(38-18)7-37-22(19(33)34,20(35)36)6-10-3-1-9(2-4-10)5-12(30)31/h1-4,8,11,13,15,18,32H,5-7H2,(H,30,31)(H,33,34)(H,35,36)(H2,25,27,28)/t11-,13+,15-,18?/m1/s1. The number of nitrogen functional groups attached to an aromatic ring is 1. The molecule has 0 aliphatic carbocycles. The van der Waals surface area contributed by atoms with E-state index in [2.05, 4.69) is 15.0 Å². The number of nitrogens with two attached hydrogens (primary N) is 1. The predicted octanol–water partition coefficient (Wildman–Crippen LogP) is 0.453. The molecule has 0 spiro atoms. The molecular weight excluding hydrogens is 533 g/mol. The monoisotopic (exact) mass is 553 g/mol. The maximum Gasteiger partial charge on any atom is 0.348 e. The van der Waals surface area contributed by atoms with Gasteiger partial charge in [-0.1, -0.05) is 24.3 Å². The quantitative estimate of drug-likeness (QED) is 0.170. The van der Waals surface area contributed by atoms with Gasteiger partial charge in [-0.2, -0.15) is 9.97 Å². The lowest BCUT2D eigenvalue weighted by atomic mass is 9.93. The molecule has 3 heterocycles. The minimum atomic E-state index is -2.82. The number of aliphatic carboxylic acids is 3. The average Bonchev–Trinajstić information content (AvgIpc) is 3.38. The fraction of sp³-hybridized carbons (Fsp3) is 0.364. The molecule has 1 aromatic carbocycles. The van der Waals surface area contributed by atoms with Crippen molar-refractivity contribution in [2.75, 3.05) is 12.3 Å². The fourth-order valence-electron chi connectivity index (χ4n) is 4.04. The Morgan fingerprint density at radius 3 is 2.37 bits per heavy atom. The number of halogens is 2. The van der Waals surface area contributed by atoms with Gasteiger partial charge in [0.25, 0.3) is 5.60 Å². The van der Waals surface area contributed by atoms with Gasteiger partial charge >= 0.3 is 17.9 Å². The van der Waals surface area contributed by atoms with E-state index in [4.69, 9.17) is 31.9 Å². The Morgan fingerprint density at radius 2 is 1.76 bits per heavy atom. The molecule has 1 unspecified atom stereocenters. The number of carbonyl (C=O) groups is 3. The molecule has 1 aliphatic heterocycles. The van der Waals surface area contributed by atoms with Gasteiger partial charge in [-0.15, -0.1) is 0 Å². The number of hydrogen-bond donors (Lipinski definition) is 5. The summed E-state index contributed by atoms with van der Waals surface area (Å²) in [6.07, 6.45) is -6.66. The number of benzene rings is 1. The molecule has 14 nitrogen and oxygen atoms in total. The molecule has 2 aromatic heterocycles. The summed E-state index contributed by atoms with van der Waals surface area (Å²) in [7, 11) is 0. The highest BCUT2D eigenvalue weighted by atomic mass is 35.5. The third-order valence-corrected chi connectivity index (χ3v) is 6.17. The topological polar surface area (TPSA) is 220 Å². The van der Waals surface area contributed by atoms with E-state index in [0.717, 1.165) is 10.9 Å². The van der Waals surface area contributed by atoms with Crippen LogP contribution in [0.4, 0.5) is 10.2 Å². The Bertz CT molecular complexity index is 1370. The smallest absolute Gasteiger partial charge is 0.348 e. The zero-order valence-corrected chi connectivity index (χ0v) is 20.0. The minimum absolute atomic E-state index is 0.0145. The van der Waals surface area contributed by atoms with Crippen LogP contribution in [0.2, 0.25) is 5.28 Å². The van der Waals surface area contributed by atoms with Crippen LogP contribution in [0.1, 0.15) is 17.4 Å². The summed E-state index contributed by atoms with van der Waals surface area (Å²) in [5.74, 6) is -4.84. The summed E-state index contributed by atoms with van der Waals surface area (Å²) < 4.78 is 27.1. The molecule has 202 valence electrons. The lowest BCUT2D eigenvalue weighted by Crippen LogP contribution is -2.52. The third-order valence-electron chi connectivity index (χ3n) is 6.01. The van der Waals surface area contributed by atoms with Gasteiger partial charge in [-0.3, -0.25) is 9.36 Å². The number of rotatable bonds is 10. The largest absolute Gasteiger partial charge is 0.481 e. The Balaban J connectivity index is 1.54. The first kappa shape index (κ1) is 27.1. The van der Waals surface area contributed by atoms with Crippen LogP contribution in [-0.4, -0.2) is 88.4 Å². The minimum Gasteiger partial charge on any atom is -0.481 e. The van der Waals surface area contributed by atoms with Crippen LogP contribution in [0.3, 0.4) is 0 Å². The molecule has 0 saturated carbocycles. The van der Waals surface area contributed by atoms with Crippen LogP contribution in [-0.2, 0) is 36.7 Å². The van der Waals surface area contributed by atoms with Crippen LogP contribution >= 0.6 is 11.6 Å². The molecule has 0 bridgehead atoms. The number of aliphatic hydroxyl groups excluding tert-OH is 1. The molecule has 4 rings (SSSR count). The Hall–Kier alpha value is -3.92. The van der Waals surface area contributed by atoms with Gasteiger partial charge < -0.3 is 35.6 Å². The summed E-state index contributed by atoms with van der Waals surface area (Å²) in [4.78, 5) is 46.7. The number of aromatic nitrogens is 4. The number of ether oxygens (including phenoxy) is 2. The van der Waals surface area contributed by atoms with Crippen molar-refractivity contribution >= 4 is 46.5 Å². The Labute approximate surface area is 217 Å². The molecule has 0 radical (unpaired) electrons. The van der Waals surface area contributed by atoms with E-state index in [0.29, 0.717) is 5.56 Å². The maximum atomic E-state index is 15.1. The molecular formula is C22H21ClFN5O9. The molecule has 16 heteroatoms. The van der Waals surface area contributed by atoms with Crippen LogP contribution in [0.25, 0.3) is 11.2 Å². The van der Waals surface area contributed by atoms with E-state index >= 15 is 4.39 Å². The molecule has 1 saturated heterocycles. The van der Waals surface area contributed by atoms with Gasteiger partial charge in [0.2, 0.25) is 5.28 Å². The number of imidazole rings is 1. The van der Waals surface area contributed by atoms with Gasteiger partial charge in [-0.05, 0) is 22.7 Å². The summed E-state index contributed by atoms with van der Waals surface area (Å²) in [6.45, 7) is -0.807. The number of nitrogens with zero attached hydrogens (tertiary/aromatic N) is 4. The normalized spacial score (nSPS) is 21.6. The van der Waals surface area contributed by atoms with Crippen molar-refractivity contribution in [3.63, 3.8) is 0 Å². The lowest BCUT2D eigenvalue weighted by molar-refractivity contribution is -0.190. The molecule has 38 heavy (non-hydrogen) atoms. The number of alkyl halides is 1. The van der Waals surface area contributed by atoms with E-state index in [1.807, 2.05) is 0 Å². The number of aliphatic hydroxyl groups is 1. The van der Waals surface area contributed by atoms with E-state index in [1.54, 1.807) is 0 Å². The van der Waals surface area contributed by atoms with Crippen molar-refractivity contribution in [2.45, 2.75) is 43.1 Å². The molecule has 6 N–H and O–H groups in total. The zero-order chi connectivity index (χ0) is 27.8. The van der Waals surface area contributed by atoms with Crippen LogP contribution in [0.15, 0.2) is 30.6 Å². The molecule has 1 fully saturated rings. The van der Waals surface area contributed by atoms with Gasteiger partial charge in [0.1, 0.15) is 17.7 Å². The second kappa shape index (κ2) is 10.4. The van der Waals surface area contributed by atoms with Crippen molar-refractivity contribution in [1.29, 1.82) is 0 Å². The molecule has 3 aromatic rings. The summed E-state index contributed by atoms with van der Waals surface area (Å²) in [6, 6.07) is 5.58. The van der Waals surface area contributed by atoms with Gasteiger partial charge in [0.15, 0.2) is 23.9 Å². The second-order valence-corrected chi connectivity index (χ2v) is 8.85. The van der Waals surface area contributed by atoms with Gasteiger partial charge in [0.05, 0.1) is 19.4 Å². The lowest BCUT2D eigenvalue weighted by Gasteiger charge is -2.27. The van der Waals surface area contributed by atoms with E-state index in [9.17, 15) is 29.7 Å². The Morgan fingerprint density at radius 1 is 1.13 bits per heavy atom. The SMILES string of the molecule is Nc1nc(Cl)nc2c1ncn2C1O[C@H](COC(Cc2ccc(CC(=O)O)cc2)(C(=O)O)C(=O)O)[C@@H](O)[C@@H]1F. The average molecular weight is 554 g/mol.